The topological polar surface area (TPSA) is 131 Å². The lowest BCUT2D eigenvalue weighted by molar-refractivity contribution is -0.385. The fourth-order valence-corrected chi connectivity index (χ4v) is 2.59. The maximum Gasteiger partial charge on any atom is 0.350 e. The Bertz CT molecular complexity index is 1110. The fraction of sp³-hybridized carbons (Fsp3) is 0.308. The van der Waals surface area contributed by atoms with Crippen LogP contribution in [0.2, 0.25) is 0 Å². The molecule has 0 fully saturated rings. The van der Waals surface area contributed by atoms with Crippen LogP contribution < -0.4 is 4.74 Å². The average Bonchev–Trinajstić information content (AvgIpc) is 3.29. The van der Waals surface area contributed by atoms with Gasteiger partial charge < -0.3 is 4.74 Å². The molecule has 0 saturated carbocycles. The Kier molecular flexibility index (Phi) is 3.13. The zero-order valence-corrected chi connectivity index (χ0v) is 13.6. The number of nitrogens with zero attached hydrogens (tertiary/aromatic N) is 9. The van der Waals surface area contributed by atoms with Gasteiger partial charge in [0.1, 0.15) is 18.6 Å². The number of aryl methyl sites for hydroxylation is 1. The van der Waals surface area contributed by atoms with Crippen molar-refractivity contribution in [1.29, 1.82) is 0 Å². The fourth-order valence-electron chi connectivity index (χ4n) is 2.59. The van der Waals surface area contributed by atoms with Crippen molar-refractivity contribution in [3.63, 3.8) is 0 Å². The van der Waals surface area contributed by atoms with E-state index >= 15 is 0 Å². The Balaban J connectivity index is 1.81. The molecule has 128 valence electrons. The molecule has 1 atom stereocenters. The predicted octanol–water partition coefficient (Wildman–Crippen LogP) is 0.734. The zero-order chi connectivity index (χ0) is 17.7. The van der Waals surface area contributed by atoms with Crippen LogP contribution in [0, 0.1) is 10.1 Å². The van der Waals surface area contributed by atoms with Gasteiger partial charge in [0.15, 0.2) is 17.1 Å². The summed E-state index contributed by atoms with van der Waals surface area (Å²) in [7, 11) is 3.12. The number of hydrogen-bond donors (Lipinski definition) is 0. The van der Waals surface area contributed by atoms with Crippen LogP contribution >= 0.6 is 0 Å². The lowest BCUT2D eigenvalue weighted by Gasteiger charge is -2.06. The molecule has 0 aromatic carbocycles. The van der Waals surface area contributed by atoms with Crippen molar-refractivity contribution in [2.24, 2.45) is 7.05 Å². The SMILES string of the molecule is COc1nn([C@H](C)c2nc3c4cnn(C)c4ncn3n2)cc1[N+](=O)[O-]. The van der Waals surface area contributed by atoms with E-state index < -0.39 is 11.0 Å². The molecule has 4 rings (SSSR count). The summed E-state index contributed by atoms with van der Waals surface area (Å²) in [5.41, 5.74) is 1.08. The van der Waals surface area contributed by atoms with Crippen molar-refractivity contribution >= 4 is 22.4 Å². The molecule has 4 aromatic heterocycles. The van der Waals surface area contributed by atoms with E-state index in [9.17, 15) is 10.1 Å². The van der Waals surface area contributed by atoms with E-state index in [4.69, 9.17) is 4.74 Å². The summed E-state index contributed by atoms with van der Waals surface area (Å²) in [4.78, 5) is 19.3. The molecule has 4 heterocycles. The molecular formula is C13H13N9O3. The molecule has 12 nitrogen and oxygen atoms in total. The third-order valence-electron chi connectivity index (χ3n) is 3.93. The van der Waals surface area contributed by atoms with E-state index in [0.29, 0.717) is 17.1 Å². The number of methoxy groups -OCH3 is 1. The van der Waals surface area contributed by atoms with Gasteiger partial charge in [0.2, 0.25) is 0 Å². The number of ether oxygens (including phenoxy) is 1. The Morgan fingerprint density at radius 2 is 2.12 bits per heavy atom. The quantitative estimate of drug-likeness (QED) is 0.391. The lowest BCUT2D eigenvalue weighted by atomic mass is 10.3. The number of hydrogen-bond acceptors (Lipinski definition) is 8. The Morgan fingerprint density at radius 1 is 1.32 bits per heavy atom. The zero-order valence-electron chi connectivity index (χ0n) is 13.6. The van der Waals surface area contributed by atoms with Gasteiger partial charge in [-0.25, -0.2) is 14.5 Å². The molecular weight excluding hydrogens is 330 g/mol. The Morgan fingerprint density at radius 3 is 2.80 bits per heavy atom. The summed E-state index contributed by atoms with van der Waals surface area (Å²) in [6.45, 7) is 1.79. The molecule has 0 saturated heterocycles. The monoisotopic (exact) mass is 343 g/mol. The summed E-state index contributed by atoms with van der Waals surface area (Å²) in [5, 5.41) is 24.5. The minimum atomic E-state index is -0.546. The van der Waals surface area contributed by atoms with Gasteiger partial charge in [-0.3, -0.25) is 19.5 Å². The highest BCUT2D eigenvalue weighted by atomic mass is 16.6. The first-order valence-corrected chi connectivity index (χ1v) is 7.30. The van der Waals surface area contributed by atoms with Crippen molar-refractivity contribution in [3.8, 4) is 5.88 Å². The number of aromatic nitrogens is 8. The summed E-state index contributed by atoms with van der Waals surface area (Å²) >= 11 is 0. The number of nitro groups is 1. The Labute approximate surface area is 139 Å². The van der Waals surface area contributed by atoms with Crippen LogP contribution in [0.25, 0.3) is 16.7 Å². The van der Waals surface area contributed by atoms with Gasteiger partial charge in [-0.2, -0.15) is 5.10 Å². The van der Waals surface area contributed by atoms with Crippen LogP contribution in [0.15, 0.2) is 18.7 Å². The predicted molar refractivity (Wildman–Crippen MR) is 84.3 cm³/mol. The highest BCUT2D eigenvalue weighted by molar-refractivity contribution is 5.88. The van der Waals surface area contributed by atoms with Crippen molar-refractivity contribution in [2.45, 2.75) is 13.0 Å². The van der Waals surface area contributed by atoms with Crippen molar-refractivity contribution in [1.82, 2.24) is 39.1 Å². The second-order valence-electron chi connectivity index (χ2n) is 5.42. The van der Waals surface area contributed by atoms with Gasteiger partial charge >= 0.3 is 11.6 Å². The first-order chi connectivity index (χ1) is 12.0. The van der Waals surface area contributed by atoms with E-state index in [0.717, 1.165) is 5.39 Å². The normalized spacial score (nSPS) is 12.8. The minimum Gasteiger partial charge on any atom is -0.475 e. The highest BCUT2D eigenvalue weighted by Crippen LogP contribution is 2.27. The van der Waals surface area contributed by atoms with Crippen LogP contribution in [0.5, 0.6) is 5.88 Å². The van der Waals surface area contributed by atoms with Crippen LogP contribution in [0.1, 0.15) is 18.8 Å². The van der Waals surface area contributed by atoms with Gasteiger partial charge in [-0.15, -0.1) is 10.2 Å². The maximum absolute atomic E-state index is 11.1. The molecule has 0 N–H and O–H groups in total. The van der Waals surface area contributed by atoms with Crippen LogP contribution in [0.3, 0.4) is 0 Å². The third-order valence-corrected chi connectivity index (χ3v) is 3.93. The standard InChI is InChI=1S/C13H13N9O3/c1-7(20-5-9(22(23)24)13(18-20)25-3)10-16-12-8-4-15-19(2)11(8)14-6-21(12)17-10/h4-7H,1-3H3/t7-/m1/s1. The lowest BCUT2D eigenvalue weighted by Crippen LogP contribution is -2.09. The molecule has 0 spiro atoms. The van der Waals surface area contributed by atoms with Gasteiger partial charge in [0.25, 0.3) is 0 Å². The number of rotatable bonds is 4. The average molecular weight is 343 g/mol. The van der Waals surface area contributed by atoms with Crippen LogP contribution in [0.4, 0.5) is 5.69 Å². The summed E-state index contributed by atoms with van der Waals surface area (Å²) in [6.07, 6.45) is 4.52. The van der Waals surface area contributed by atoms with Gasteiger partial charge in [0.05, 0.1) is 23.6 Å². The maximum atomic E-state index is 11.1. The molecule has 0 aliphatic heterocycles. The molecule has 0 amide bonds. The van der Waals surface area contributed by atoms with Crippen molar-refractivity contribution in [3.05, 3.63) is 34.7 Å². The summed E-state index contributed by atoms with van der Waals surface area (Å²) < 4.78 is 9.55. The van der Waals surface area contributed by atoms with Gasteiger partial charge in [-0.1, -0.05) is 0 Å². The molecule has 0 bridgehead atoms. The van der Waals surface area contributed by atoms with Gasteiger partial charge in [-0.05, 0) is 6.92 Å². The molecule has 4 aromatic rings. The molecule has 0 unspecified atom stereocenters. The molecule has 0 radical (unpaired) electrons. The van der Waals surface area contributed by atoms with Gasteiger partial charge in [0, 0.05) is 7.05 Å². The largest absolute Gasteiger partial charge is 0.475 e. The molecule has 0 aliphatic carbocycles. The van der Waals surface area contributed by atoms with Crippen LogP contribution in [-0.2, 0) is 7.05 Å². The second-order valence-corrected chi connectivity index (χ2v) is 5.42. The van der Waals surface area contributed by atoms with Crippen LogP contribution in [-0.4, -0.2) is 51.2 Å². The Hall–Kier alpha value is -3.57. The van der Waals surface area contributed by atoms with Crippen molar-refractivity contribution < 1.29 is 9.66 Å². The number of fused-ring (bicyclic) bond motifs is 3. The van der Waals surface area contributed by atoms with E-state index in [1.54, 1.807) is 35.7 Å². The third kappa shape index (κ3) is 2.18. The summed E-state index contributed by atoms with van der Waals surface area (Å²) in [6, 6.07) is -0.436. The van der Waals surface area contributed by atoms with E-state index in [1.165, 1.54) is 18.0 Å². The molecule has 25 heavy (non-hydrogen) atoms. The van der Waals surface area contributed by atoms with E-state index in [2.05, 4.69) is 25.3 Å². The molecule has 12 heteroatoms. The van der Waals surface area contributed by atoms with Crippen molar-refractivity contribution in [2.75, 3.05) is 7.11 Å². The second kappa shape index (κ2) is 5.22. The smallest absolute Gasteiger partial charge is 0.350 e. The van der Waals surface area contributed by atoms with E-state index in [-0.39, 0.29) is 11.6 Å². The summed E-state index contributed by atoms with van der Waals surface area (Å²) in [5.74, 6) is 0.384. The minimum absolute atomic E-state index is 0.0584. The first-order valence-electron chi connectivity index (χ1n) is 7.30. The molecule has 0 aliphatic rings. The first kappa shape index (κ1) is 15.0. The highest BCUT2D eigenvalue weighted by Gasteiger charge is 2.25. The van der Waals surface area contributed by atoms with E-state index in [1.807, 2.05) is 0 Å².